The monoisotopic (exact) mass is 350 g/mol. The molecule has 0 aliphatic carbocycles. The van der Waals surface area contributed by atoms with Crippen molar-refractivity contribution in [3.63, 3.8) is 0 Å². The molecule has 0 aromatic carbocycles. The van der Waals surface area contributed by atoms with E-state index in [4.69, 9.17) is 23.2 Å². The summed E-state index contributed by atoms with van der Waals surface area (Å²) in [6.45, 7) is 5.05. The lowest BCUT2D eigenvalue weighted by molar-refractivity contribution is -0.0740. The third-order valence-corrected chi connectivity index (χ3v) is 4.25. The highest BCUT2D eigenvalue weighted by Gasteiger charge is 2.29. The first-order chi connectivity index (χ1) is 12.1. The van der Waals surface area contributed by atoms with E-state index < -0.39 is 0 Å². The Balaban J connectivity index is 1.61. The number of hydrogen-bond acceptors (Lipinski definition) is 7. The van der Waals surface area contributed by atoms with Crippen molar-refractivity contribution in [3.8, 4) is 5.95 Å². The highest BCUT2D eigenvalue weighted by atomic mass is 16.6. The van der Waals surface area contributed by atoms with Gasteiger partial charge < -0.3 is 28.5 Å². The molecule has 2 aromatic heterocycles. The second kappa shape index (κ2) is 7.71. The van der Waals surface area contributed by atoms with Gasteiger partial charge in [0.05, 0.1) is 32.1 Å². The third-order valence-electron chi connectivity index (χ3n) is 4.25. The summed E-state index contributed by atoms with van der Waals surface area (Å²) in [6.07, 6.45) is 0.402. The summed E-state index contributed by atoms with van der Waals surface area (Å²) in [6, 6.07) is 3.01. The molecular weight excluding hydrogens is 328 g/mol. The van der Waals surface area contributed by atoms with E-state index in [0.717, 1.165) is 17.0 Å². The molecule has 2 atom stereocenters. The van der Waals surface area contributed by atoms with Crippen molar-refractivity contribution >= 4 is 5.91 Å². The van der Waals surface area contributed by atoms with E-state index in [-0.39, 0.29) is 23.8 Å². The van der Waals surface area contributed by atoms with Crippen LogP contribution in [0.15, 0.2) is 21.1 Å². The second-order valence-electron chi connectivity index (χ2n) is 5.92. The van der Waals surface area contributed by atoms with Gasteiger partial charge in [-0.05, 0) is 26.3 Å². The molecule has 25 heavy (non-hydrogen) atoms. The molecule has 2 aromatic rings. The molecule has 8 nitrogen and oxygen atoms in total. The number of carbonyl (C=O) groups is 1. The van der Waals surface area contributed by atoms with E-state index in [1.165, 1.54) is 7.11 Å². The average molecular weight is 350 g/mol. The van der Waals surface area contributed by atoms with Gasteiger partial charge in [0.2, 0.25) is 0 Å². The number of furan rings is 1. The molecule has 0 unspecified atom stereocenters. The predicted octanol–water partition coefficient (Wildman–Crippen LogP) is 2.00. The summed E-state index contributed by atoms with van der Waals surface area (Å²) in [7, 11) is 1.48. The molecule has 1 amide bonds. The van der Waals surface area contributed by atoms with Crippen LogP contribution in [0.1, 0.15) is 34.0 Å². The van der Waals surface area contributed by atoms with Gasteiger partial charge in [-0.3, -0.25) is 4.79 Å². The number of hydrogen-bond donors (Lipinski definition) is 1. The van der Waals surface area contributed by atoms with E-state index in [9.17, 15) is 4.79 Å². The molecule has 0 bridgehead atoms. The second-order valence-corrected chi connectivity index (χ2v) is 5.92. The van der Waals surface area contributed by atoms with Crippen LogP contribution >= 0.6 is 0 Å². The Kier molecular flexibility index (Phi) is 5.40. The maximum absolute atomic E-state index is 12.3. The Morgan fingerprint density at radius 3 is 2.92 bits per heavy atom. The number of aromatic nitrogens is 1. The minimum atomic E-state index is -0.305. The van der Waals surface area contributed by atoms with Gasteiger partial charge in [0.25, 0.3) is 11.9 Å². The van der Waals surface area contributed by atoms with Crippen LogP contribution in [0.25, 0.3) is 0 Å². The molecule has 136 valence electrons. The average Bonchev–Trinajstić information content (AvgIpc) is 3.22. The molecule has 3 rings (SSSR count). The van der Waals surface area contributed by atoms with Gasteiger partial charge in [0, 0.05) is 18.2 Å². The minimum Gasteiger partial charge on any atom is -0.468 e. The van der Waals surface area contributed by atoms with Crippen LogP contribution < -0.4 is 10.1 Å². The van der Waals surface area contributed by atoms with E-state index in [0.29, 0.717) is 32.2 Å². The summed E-state index contributed by atoms with van der Waals surface area (Å²) < 4.78 is 26.9. The van der Waals surface area contributed by atoms with Crippen LogP contribution in [0, 0.1) is 13.8 Å². The van der Waals surface area contributed by atoms with Gasteiger partial charge in [-0.25, -0.2) is 0 Å². The van der Waals surface area contributed by atoms with Crippen LogP contribution in [0.2, 0.25) is 0 Å². The number of ether oxygens (including phenoxy) is 3. The minimum absolute atomic E-state index is 0.169. The molecule has 1 aliphatic heterocycles. The highest BCUT2D eigenvalue weighted by Crippen LogP contribution is 2.19. The zero-order chi connectivity index (χ0) is 17.8. The maximum Gasteiger partial charge on any atom is 0.287 e. The smallest absolute Gasteiger partial charge is 0.287 e. The molecule has 3 heterocycles. The van der Waals surface area contributed by atoms with Crippen LogP contribution in [0.5, 0.6) is 5.95 Å². The largest absolute Gasteiger partial charge is 0.468 e. The topological polar surface area (TPSA) is 96.0 Å². The van der Waals surface area contributed by atoms with Crippen molar-refractivity contribution in [1.82, 2.24) is 10.5 Å². The lowest BCUT2D eigenvalue weighted by atomic mass is 10.1. The number of aryl methyl sites for hydroxylation is 2. The normalized spacial score (nSPS) is 20.4. The van der Waals surface area contributed by atoms with Crippen molar-refractivity contribution < 1.29 is 27.9 Å². The molecule has 8 heteroatoms. The first kappa shape index (κ1) is 17.5. The zero-order valence-electron chi connectivity index (χ0n) is 14.5. The van der Waals surface area contributed by atoms with Gasteiger partial charge >= 0.3 is 0 Å². The summed E-state index contributed by atoms with van der Waals surface area (Å²) in [5.41, 5.74) is 1.73. The lowest BCUT2D eigenvalue weighted by Gasteiger charge is -2.31. The quantitative estimate of drug-likeness (QED) is 0.851. The Hall–Kier alpha value is -2.32. The Morgan fingerprint density at radius 2 is 2.24 bits per heavy atom. The lowest BCUT2D eigenvalue weighted by Crippen LogP contribution is -2.49. The number of rotatable bonds is 6. The third kappa shape index (κ3) is 4.02. The molecule has 0 radical (unpaired) electrons. The van der Waals surface area contributed by atoms with Gasteiger partial charge in [-0.1, -0.05) is 5.16 Å². The number of carbonyl (C=O) groups excluding carboxylic acids is 1. The van der Waals surface area contributed by atoms with Crippen LogP contribution in [0.4, 0.5) is 0 Å². The summed E-state index contributed by atoms with van der Waals surface area (Å²) >= 11 is 0. The molecular formula is C17H22N2O6. The Morgan fingerprint density at radius 1 is 1.40 bits per heavy atom. The van der Waals surface area contributed by atoms with Crippen LogP contribution in [-0.2, 0) is 16.1 Å². The molecule has 1 fully saturated rings. The SMILES string of the molecule is COc1ccc(C(=O)N[C@@H]2CCOC[C@H]2OCc2c(C)noc2C)o1. The number of nitrogens with one attached hydrogen (secondary N) is 1. The van der Waals surface area contributed by atoms with Crippen LogP contribution in [0.3, 0.4) is 0 Å². The number of amides is 1. The molecule has 1 N–H and O–H groups in total. The van der Waals surface area contributed by atoms with Crippen molar-refractivity contribution in [2.75, 3.05) is 20.3 Å². The molecule has 1 aliphatic rings. The van der Waals surface area contributed by atoms with Gasteiger partial charge in [0.1, 0.15) is 11.9 Å². The van der Waals surface area contributed by atoms with E-state index in [1.807, 2.05) is 13.8 Å². The fourth-order valence-electron chi connectivity index (χ4n) is 2.73. The van der Waals surface area contributed by atoms with E-state index in [2.05, 4.69) is 10.5 Å². The highest BCUT2D eigenvalue weighted by molar-refractivity contribution is 5.91. The van der Waals surface area contributed by atoms with Gasteiger partial charge in [-0.2, -0.15) is 0 Å². The summed E-state index contributed by atoms with van der Waals surface area (Å²) in [4.78, 5) is 12.3. The van der Waals surface area contributed by atoms with Crippen molar-refractivity contribution in [2.45, 2.75) is 39.0 Å². The standard InChI is InChI=1S/C17H22N2O6/c1-10-12(11(2)25-19-10)8-23-15-9-22-7-6-13(15)18-17(20)14-4-5-16(21-3)24-14/h4-5,13,15H,6-9H2,1-3H3,(H,18,20)/t13-,15-/m1/s1. The maximum atomic E-state index is 12.3. The van der Waals surface area contributed by atoms with E-state index >= 15 is 0 Å². The van der Waals surface area contributed by atoms with Crippen molar-refractivity contribution in [1.29, 1.82) is 0 Å². The number of methoxy groups -OCH3 is 1. The first-order valence-corrected chi connectivity index (χ1v) is 8.14. The zero-order valence-corrected chi connectivity index (χ0v) is 14.5. The summed E-state index contributed by atoms with van der Waals surface area (Å²) in [5.74, 6) is 0.926. The Bertz CT molecular complexity index is 703. The van der Waals surface area contributed by atoms with Crippen LogP contribution in [-0.4, -0.2) is 43.5 Å². The fourth-order valence-corrected chi connectivity index (χ4v) is 2.73. The first-order valence-electron chi connectivity index (χ1n) is 8.14. The van der Waals surface area contributed by atoms with Gasteiger partial charge in [-0.15, -0.1) is 0 Å². The molecule has 0 spiro atoms. The predicted molar refractivity (Wildman–Crippen MR) is 86.5 cm³/mol. The molecule has 1 saturated heterocycles. The van der Waals surface area contributed by atoms with Crippen molar-refractivity contribution in [2.24, 2.45) is 0 Å². The Labute approximate surface area is 145 Å². The summed E-state index contributed by atoms with van der Waals surface area (Å²) in [5, 5.41) is 6.87. The number of nitrogens with zero attached hydrogens (tertiary/aromatic N) is 1. The van der Waals surface area contributed by atoms with E-state index in [1.54, 1.807) is 12.1 Å². The van der Waals surface area contributed by atoms with Crippen molar-refractivity contribution in [3.05, 3.63) is 34.9 Å². The molecule has 0 saturated carbocycles. The van der Waals surface area contributed by atoms with Gasteiger partial charge in [0.15, 0.2) is 5.76 Å². The fraction of sp³-hybridized carbons (Fsp3) is 0.529.